The third-order valence-corrected chi connectivity index (χ3v) is 4.29. The van der Waals surface area contributed by atoms with Crippen LogP contribution in [-0.4, -0.2) is 45.0 Å². The predicted octanol–water partition coefficient (Wildman–Crippen LogP) is 2.58. The van der Waals surface area contributed by atoms with Gasteiger partial charge in [0.1, 0.15) is 5.75 Å². The summed E-state index contributed by atoms with van der Waals surface area (Å²) in [6, 6.07) is 3.52. The molecule has 0 aliphatic carbocycles. The van der Waals surface area contributed by atoms with Crippen molar-refractivity contribution in [1.82, 2.24) is 19.7 Å². The van der Waals surface area contributed by atoms with E-state index in [2.05, 4.69) is 28.8 Å². The van der Waals surface area contributed by atoms with Gasteiger partial charge in [-0.15, -0.1) is 0 Å². The van der Waals surface area contributed by atoms with Gasteiger partial charge in [0.15, 0.2) is 0 Å². The molecule has 0 aliphatic heterocycles. The first-order valence-corrected chi connectivity index (χ1v) is 8.35. The number of ether oxygens (including phenoxy) is 1. The number of nitrogens with zero attached hydrogens (tertiary/aromatic N) is 4. The van der Waals surface area contributed by atoms with E-state index in [1.54, 1.807) is 13.2 Å². The number of hydrogen-bond acceptors (Lipinski definition) is 5. The Kier molecular flexibility index (Phi) is 6.34. The molecule has 132 valence electrons. The Labute approximate surface area is 144 Å². The highest BCUT2D eigenvalue weighted by Gasteiger charge is 2.17. The summed E-state index contributed by atoms with van der Waals surface area (Å²) in [5.74, 6) is 0.237. The van der Waals surface area contributed by atoms with E-state index in [0.717, 1.165) is 31.0 Å². The molecule has 6 nitrogen and oxygen atoms in total. The number of methoxy groups -OCH3 is 1. The quantitative estimate of drug-likeness (QED) is 0.805. The molecule has 0 saturated carbocycles. The van der Waals surface area contributed by atoms with Gasteiger partial charge in [0.25, 0.3) is 0 Å². The molecule has 0 radical (unpaired) electrons. The topological polar surface area (TPSA) is 63.4 Å². The number of aromatic nitrogens is 3. The Bertz CT molecular complexity index is 682. The maximum atomic E-state index is 10.1. The van der Waals surface area contributed by atoms with Crippen LogP contribution in [0.25, 0.3) is 0 Å². The van der Waals surface area contributed by atoms with Gasteiger partial charge >= 0.3 is 0 Å². The van der Waals surface area contributed by atoms with E-state index in [1.165, 1.54) is 11.3 Å². The Morgan fingerprint density at radius 2 is 1.96 bits per heavy atom. The van der Waals surface area contributed by atoms with Gasteiger partial charge in [-0.1, -0.05) is 0 Å². The number of rotatable bonds is 8. The summed E-state index contributed by atoms with van der Waals surface area (Å²) in [7, 11) is 1.70. The summed E-state index contributed by atoms with van der Waals surface area (Å²) >= 11 is 0. The average Bonchev–Trinajstić information content (AvgIpc) is 2.83. The van der Waals surface area contributed by atoms with E-state index in [1.807, 2.05) is 24.6 Å². The molecule has 1 N–H and O–H groups in total. The lowest BCUT2D eigenvalue weighted by Gasteiger charge is -2.22. The Morgan fingerprint density at radius 3 is 2.58 bits per heavy atom. The van der Waals surface area contributed by atoms with Crippen molar-refractivity contribution in [2.45, 2.75) is 47.3 Å². The molecule has 0 atom stereocenters. The molecule has 0 spiro atoms. The SMILES string of the molecule is CCn1nc(C)c(CN(CCOC)Cc2nc(C)ccc2O)c1C. The van der Waals surface area contributed by atoms with Gasteiger partial charge in [-0.3, -0.25) is 14.6 Å². The van der Waals surface area contributed by atoms with E-state index < -0.39 is 0 Å². The lowest BCUT2D eigenvalue weighted by atomic mass is 10.1. The van der Waals surface area contributed by atoms with E-state index in [9.17, 15) is 5.11 Å². The summed E-state index contributed by atoms with van der Waals surface area (Å²) in [5, 5.41) is 14.7. The maximum Gasteiger partial charge on any atom is 0.138 e. The van der Waals surface area contributed by atoms with Gasteiger partial charge in [0, 0.05) is 50.2 Å². The van der Waals surface area contributed by atoms with Crippen LogP contribution in [0.15, 0.2) is 12.1 Å². The summed E-state index contributed by atoms with van der Waals surface area (Å²) < 4.78 is 7.27. The first-order valence-electron chi connectivity index (χ1n) is 8.35. The van der Waals surface area contributed by atoms with Gasteiger partial charge < -0.3 is 9.84 Å². The summed E-state index contributed by atoms with van der Waals surface area (Å²) in [6.45, 7) is 11.8. The fourth-order valence-corrected chi connectivity index (χ4v) is 2.86. The Balaban J connectivity index is 2.22. The minimum absolute atomic E-state index is 0.237. The van der Waals surface area contributed by atoms with Crippen LogP contribution in [0.2, 0.25) is 0 Å². The van der Waals surface area contributed by atoms with Gasteiger partial charge in [0.05, 0.1) is 18.0 Å². The smallest absolute Gasteiger partial charge is 0.138 e. The van der Waals surface area contributed by atoms with E-state index >= 15 is 0 Å². The molecule has 0 unspecified atom stereocenters. The van der Waals surface area contributed by atoms with Crippen LogP contribution in [-0.2, 0) is 24.4 Å². The molecule has 2 heterocycles. The van der Waals surface area contributed by atoms with Crippen molar-refractivity contribution in [3.63, 3.8) is 0 Å². The second kappa shape index (κ2) is 8.26. The molecule has 2 rings (SSSR count). The van der Waals surface area contributed by atoms with Crippen LogP contribution < -0.4 is 0 Å². The molecule has 6 heteroatoms. The lowest BCUT2D eigenvalue weighted by Crippen LogP contribution is -2.27. The van der Waals surface area contributed by atoms with Crippen molar-refractivity contribution in [3.8, 4) is 5.75 Å². The fraction of sp³-hybridized carbons (Fsp3) is 0.556. The second-order valence-electron chi connectivity index (χ2n) is 6.09. The molecule has 2 aromatic rings. The fourth-order valence-electron chi connectivity index (χ4n) is 2.86. The van der Waals surface area contributed by atoms with Gasteiger partial charge in [-0.2, -0.15) is 5.10 Å². The van der Waals surface area contributed by atoms with E-state index in [4.69, 9.17) is 4.74 Å². The highest BCUT2D eigenvalue weighted by Crippen LogP contribution is 2.20. The summed E-state index contributed by atoms with van der Waals surface area (Å²) in [6.07, 6.45) is 0. The van der Waals surface area contributed by atoms with Gasteiger partial charge in [-0.25, -0.2) is 0 Å². The highest BCUT2D eigenvalue weighted by molar-refractivity contribution is 5.28. The Hall–Kier alpha value is -1.92. The molecule has 0 aliphatic rings. The van der Waals surface area contributed by atoms with E-state index in [-0.39, 0.29) is 5.75 Å². The first kappa shape index (κ1) is 18.4. The standard InChI is InChI=1S/C18H28N4O2/c1-6-22-15(4)16(14(3)20-22)11-21(9-10-24-5)12-17-18(23)8-7-13(2)19-17/h7-8,23H,6,9-12H2,1-5H3. The predicted molar refractivity (Wildman–Crippen MR) is 94.0 cm³/mol. The molecule has 0 saturated heterocycles. The molecule has 0 amide bonds. The van der Waals surface area contributed by atoms with Crippen molar-refractivity contribution in [1.29, 1.82) is 0 Å². The third-order valence-electron chi connectivity index (χ3n) is 4.29. The monoisotopic (exact) mass is 332 g/mol. The second-order valence-corrected chi connectivity index (χ2v) is 6.09. The van der Waals surface area contributed by atoms with Crippen LogP contribution in [0.4, 0.5) is 0 Å². The van der Waals surface area contributed by atoms with Crippen LogP contribution >= 0.6 is 0 Å². The largest absolute Gasteiger partial charge is 0.506 e. The number of hydrogen-bond donors (Lipinski definition) is 1. The van der Waals surface area contributed by atoms with Crippen molar-refractivity contribution < 1.29 is 9.84 Å². The van der Waals surface area contributed by atoms with Crippen LogP contribution in [0.3, 0.4) is 0 Å². The third kappa shape index (κ3) is 4.33. The molecule has 0 aromatic carbocycles. The zero-order valence-electron chi connectivity index (χ0n) is 15.3. The van der Waals surface area contributed by atoms with Crippen LogP contribution in [0.1, 0.15) is 35.3 Å². The summed E-state index contributed by atoms with van der Waals surface area (Å²) in [4.78, 5) is 6.71. The minimum Gasteiger partial charge on any atom is -0.506 e. The lowest BCUT2D eigenvalue weighted by molar-refractivity contribution is 0.138. The first-order chi connectivity index (χ1) is 11.5. The zero-order chi connectivity index (χ0) is 17.7. The number of aryl methyl sites for hydroxylation is 3. The van der Waals surface area contributed by atoms with Gasteiger partial charge in [0.2, 0.25) is 0 Å². The van der Waals surface area contributed by atoms with Gasteiger partial charge in [-0.05, 0) is 39.8 Å². The van der Waals surface area contributed by atoms with Crippen molar-refractivity contribution in [2.24, 2.45) is 0 Å². The van der Waals surface area contributed by atoms with Crippen molar-refractivity contribution in [2.75, 3.05) is 20.3 Å². The zero-order valence-corrected chi connectivity index (χ0v) is 15.3. The Morgan fingerprint density at radius 1 is 1.21 bits per heavy atom. The minimum atomic E-state index is 0.237. The number of pyridine rings is 1. The molecule has 0 bridgehead atoms. The maximum absolute atomic E-state index is 10.1. The van der Waals surface area contributed by atoms with E-state index in [0.29, 0.717) is 18.8 Å². The highest BCUT2D eigenvalue weighted by atomic mass is 16.5. The van der Waals surface area contributed by atoms with Crippen molar-refractivity contribution >= 4 is 0 Å². The summed E-state index contributed by atoms with van der Waals surface area (Å²) in [5.41, 5.74) is 5.09. The van der Waals surface area contributed by atoms with Crippen LogP contribution in [0.5, 0.6) is 5.75 Å². The molecule has 24 heavy (non-hydrogen) atoms. The molecule has 0 fully saturated rings. The van der Waals surface area contributed by atoms with Crippen LogP contribution in [0, 0.1) is 20.8 Å². The number of aromatic hydroxyl groups is 1. The average molecular weight is 332 g/mol. The molecular weight excluding hydrogens is 304 g/mol. The normalized spacial score (nSPS) is 11.4. The molecule has 2 aromatic heterocycles. The molecular formula is C18H28N4O2. The van der Waals surface area contributed by atoms with Crippen molar-refractivity contribution in [3.05, 3.63) is 40.5 Å².